The van der Waals surface area contributed by atoms with Crippen LogP contribution in [0.4, 0.5) is 14.5 Å². The van der Waals surface area contributed by atoms with E-state index in [1.807, 2.05) is 0 Å². The van der Waals surface area contributed by atoms with Crippen LogP contribution in [0.1, 0.15) is 0 Å². The Labute approximate surface area is 81.4 Å². The van der Waals surface area contributed by atoms with Crippen LogP contribution in [0.3, 0.4) is 0 Å². The van der Waals surface area contributed by atoms with E-state index in [9.17, 15) is 14.5 Å². The zero-order chi connectivity index (χ0) is 10.4. The molecule has 0 rings (SSSR count). The molecule has 0 atom stereocenters. The molecule has 0 unspecified atom stereocenters. The second-order valence-corrected chi connectivity index (χ2v) is 6.23. The molecule has 0 amide bonds. The molecule has 10 heteroatoms. The monoisotopic (exact) mass is 405 g/mol. The van der Waals surface area contributed by atoms with Gasteiger partial charge in [-0.15, -0.1) is 0 Å². The van der Waals surface area contributed by atoms with Gasteiger partial charge in [0.2, 0.25) is 0 Å². The van der Waals surface area contributed by atoms with Gasteiger partial charge in [0.05, 0.1) is 0 Å². The van der Waals surface area contributed by atoms with Crippen molar-refractivity contribution in [2.45, 2.75) is 0 Å². The van der Waals surface area contributed by atoms with Crippen LogP contribution in [0, 0.1) is 13.3 Å². The first-order valence-electron chi connectivity index (χ1n) is 1.36. The standard InChI is InChI=1S/2CO.Ag.F5HOTe/c2*1-2;;1-7(2,3,4,5)6/h;;;6H. The number of halogens is 5. The Morgan fingerprint density at radius 3 is 0.833 bits per heavy atom. The Kier molecular flexibility index (Phi) is 10.3. The topological polar surface area (TPSA) is 60.0 Å². The van der Waals surface area contributed by atoms with Gasteiger partial charge in [0, 0.05) is 22.4 Å². The van der Waals surface area contributed by atoms with Crippen LogP contribution in [0.15, 0.2) is 0 Å². The van der Waals surface area contributed by atoms with Crippen molar-refractivity contribution in [3.63, 3.8) is 0 Å². The van der Waals surface area contributed by atoms with E-state index < -0.39 is 18.7 Å². The van der Waals surface area contributed by atoms with Crippen molar-refractivity contribution in [1.29, 1.82) is 0 Å². The van der Waals surface area contributed by atoms with Crippen molar-refractivity contribution in [3.05, 3.63) is 13.3 Å². The summed E-state index contributed by atoms with van der Waals surface area (Å²) in [5.74, 6) is 0. The minimum atomic E-state index is -10.7. The van der Waals surface area contributed by atoms with Gasteiger partial charge < -0.3 is 0 Å². The number of rotatable bonds is 0. The van der Waals surface area contributed by atoms with Crippen molar-refractivity contribution in [3.8, 4) is 0 Å². The van der Waals surface area contributed by atoms with E-state index in [0.717, 1.165) is 0 Å². The third-order valence-electron chi connectivity index (χ3n) is 0. The fourth-order valence-electron chi connectivity index (χ4n) is 0. The van der Waals surface area contributed by atoms with E-state index in [-0.39, 0.29) is 22.4 Å². The summed E-state index contributed by atoms with van der Waals surface area (Å²) < 4.78 is 72.0. The number of hydrogen-bond acceptors (Lipinski definition) is 1. The zero-order valence-corrected chi connectivity index (χ0v) is 8.68. The molecule has 0 saturated heterocycles. The Hall–Kier alpha value is 0.620. The van der Waals surface area contributed by atoms with Crippen LogP contribution in [-0.4, -0.2) is 22.2 Å². The van der Waals surface area contributed by atoms with Gasteiger partial charge in [-0.2, -0.15) is 0 Å². The molecule has 0 heterocycles. The summed E-state index contributed by atoms with van der Waals surface area (Å²) >= 11 is -10.7. The molecule has 0 bridgehead atoms. The molecule has 0 aliphatic rings. The Bertz CT molecular complexity index is 135. The minimum absolute atomic E-state index is 0. The average molecular weight is 403 g/mol. The van der Waals surface area contributed by atoms with E-state index in [0.29, 0.717) is 0 Å². The summed E-state index contributed by atoms with van der Waals surface area (Å²) in [4.78, 5) is 0. The molecule has 0 spiro atoms. The zero-order valence-electron chi connectivity index (χ0n) is 4.86. The summed E-state index contributed by atoms with van der Waals surface area (Å²) in [6, 6.07) is 0. The summed E-state index contributed by atoms with van der Waals surface area (Å²) in [7, 11) is 0. The van der Waals surface area contributed by atoms with E-state index in [1.54, 1.807) is 0 Å². The molecule has 79 valence electrons. The first-order valence-corrected chi connectivity index (χ1v) is 6.81. The van der Waals surface area contributed by atoms with Crippen LogP contribution < -0.4 is 0 Å². The molecule has 1 radical (unpaired) electrons. The molecule has 0 aromatic rings. The van der Waals surface area contributed by atoms with Crippen LogP contribution in [0.2, 0.25) is 0 Å². The van der Waals surface area contributed by atoms with Gasteiger partial charge in [-0.1, -0.05) is 0 Å². The van der Waals surface area contributed by atoms with Gasteiger partial charge in [0.15, 0.2) is 0 Å². The van der Waals surface area contributed by atoms with E-state index in [4.69, 9.17) is 12.8 Å². The van der Waals surface area contributed by atoms with E-state index in [1.165, 1.54) is 0 Å². The normalized spacial score (nSPS) is 13.8. The molecule has 0 fully saturated rings. The second kappa shape index (κ2) is 5.37. The van der Waals surface area contributed by atoms with Gasteiger partial charge in [0.25, 0.3) is 0 Å². The molecule has 0 aromatic carbocycles. The fourth-order valence-corrected chi connectivity index (χ4v) is 0. The van der Waals surface area contributed by atoms with Gasteiger partial charge in [-0.3, -0.25) is 0 Å². The molecule has 12 heavy (non-hydrogen) atoms. The molecular formula is C2HAgF5O3Te. The Balaban J connectivity index is -0.0000000560. The third-order valence-corrected chi connectivity index (χ3v) is 0. The first kappa shape index (κ1) is 22.9. The summed E-state index contributed by atoms with van der Waals surface area (Å²) in [5.41, 5.74) is 0. The molecule has 3 nitrogen and oxygen atoms in total. The van der Waals surface area contributed by atoms with Crippen molar-refractivity contribution in [1.82, 2.24) is 0 Å². The van der Waals surface area contributed by atoms with Gasteiger partial charge in [-0.25, -0.2) is 0 Å². The molecule has 0 aliphatic heterocycles. The molecule has 0 saturated carbocycles. The fraction of sp³-hybridized carbons (Fsp3) is 0. The predicted octanol–water partition coefficient (Wildman–Crippen LogP) is 1.09. The van der Waals surface area contributed by atoms with Gasteiger partial charge in [-0.05, 0) is 0 Å². The average Bonchev–Trinajstić information content (AvgIpc) is 1.68. The van der Waals surface area contributed by atoms with Crippen LogP contribution >= 0.6 is 0 Å². The molecule has 1 N–H and O–H groups in total. The first-order chi connectivity index (χ1) is 4.45. The predicted molar refractivity (Wildman–Crippen MR) is 21.4 cm³/mol. The van der Waals surface area contributed by atoms with Crippen molar-refractivity contribution < 1.29 is 49.6 Å². The van der Waals surface area contributed by atoms with Gasteiger partial charge >= 0.3 is 59.2 Å². The quantitative estimate of drug-likeness (QED) is 0.280. The third kappa shape index (κ3) is 2560. The van der Waals surface area contributed by atoms with Crippen LogP contribution in [0.25, 0.3) is 0 Å². The maximum atomic E-state index is 10.1. The van der Waals surface area contributed by atoms with Crippen LogP contribution in [0.5, 0.6) is 0 Å². The molecular weight excluding hydrogens is 402 g/mol. The van der Waals surface area contributed by atoms with Crippen molar-refractivity contribution in [2.75, 3.05) is 0 Å². The number of hydrogen-bond donors (Lipinski definition) is 1. The Morgan fingerprint density at radius 1 is 0.833 bits per heavy atom. The molecule has 0 aliphatic carbocycles. The van der Waals surface area contributed by atoms with E-state index >= 15 is 0 Å². The van der Waals surface area contributed by atoms with Crippen LogP contribution in [-0.2, 0) is 31.7 Å². The summed E-state index contributed by atoms with van der Waals surface area (Å²) in [6.07, 6.45) is 0. The molecule has 0 aromatic heterocycles. The SMILES string of the molecule is O[Te](F)(F)(F)(F)F.[Ag].[C-]#[O+].[C-]#[O+]. The summed E-state index contributed by atoms with van der Waals surface area (Å²) in [6.45, 7) is 9.00. The second-order valence-electron chi connectivity index (χ2n) is 0.928. The van der Waals surface area contributed by atoms with Gasteiger partial charge in [0.1, 0.15) is 0 Å². The summed E-state index contributed by atoms with van der Waals surface area (Å²) in [5, 5.41) is 0. The van der Waals surface area contributed by atoms with E-state index in [2.05, 4.69) is 13.3 Å². The Morgan fingerprint density at radius 2 is 0.833 bits per heavy atom. The maximum absolute atomic E-state index is 10.7. The van der Waals surface area contributed by atoms with Crippen molar-refractivity contribution in [2.24, 2.45) is 0 Å². The van der Waals surface area contributed by atoms with Crippen molar-refractivity contribution >= 4 is 18.7 Å².